The molecule has 2 atom stereocenters. The van der Waals surface area contributed by atoms with E-state index < -0.39 is 0 Å². The summed E-state index contributed by atoms with van der Waals surface area (Å²) in [6.07, 6.45) is 2.58. The second-order valence-corrected chi connectivity index (χ2v) is 6.99. The van der Waals surface area contributed by atoms with E-state index in [4.69, 9.17) is 9.26 Å². The molecule has 0 saturated carbocycles. The number of ether oxygens (including phenoxy) is 1. The van der Waals surface area contributed by atoms with Crippen molar-refractivity contribution in [1.29, 1.82) is 0 Å². The largest absolute Gasteiger partial charge is 0.379 e. The third-order valence-corrected chi connectivity index (χ3v) is 4.83. The lowest BCUT2D eigenvalue weighted by molar-refractivity contribution is 0.0918. The first-order valence-electron chi connectivity index (χ1n) is 8.77. The first-order valence-corrected chi connectivity index (χ1v) is 8.77. The molecule has 1 aliphatic rings. The minimum Gasteiger partial charge on any atom is -0.379 e. The van der Waals surface area contributed by atoms with E-state index in [0.717, 1.165) is 28.4 Å². The van der Waals surface area contributed by atoms with Crippen LogP contribution in [0.1, 0.15) is 33.2 Å². The summed E-state index contributed by atoms with van der Waals surface area (Å²) in [7, 11) is 0. The van der Waals surface area contributed by atoms with Crippen molar-refractivity contribution in [2.45, 2.75) is 33.2 Å². The van der Waals surface area contributed by atoms with Gasteiger partial charge >= 0.3 is 0 Å². The molecular weight excluding hydrogens is 332 g/mol. The number of rotatable bonds is 4. The normalized spacial score (nSPS) is 20.0. The third kappa shape index (κ3) is 3.10. The Hall–Kier alpha value is -2.67. The summed E-state index contributed by atoms with van der Waals surface area (Å²) in [6.45, 7) is 6.85. The van der Waals surface area contributed by atoms with Gasteiger partial charge in [0, 0.05) is 24.6 Å². The fourth-order valence-corrected chi connectivity index (χ4v) is 3.50. The van der Waals surface area contributed by atoms with Crippen LogP contribution in [0.5, 0.6) is 0 Å². The Morgan fingerprint density at radius 1 is 1.31 bits per heavy atom. The highest BCUT2D eigenvalue weighted by Gasteiger charge is 2.32. The van der Waals surface area contributed by atoms with Crippen molar-refractivity contribution in [1.82, 2.24) is 19.9 Å². The zero-order valence-electron chi connectivity index (χ0n) is 15.2. The van der Waals surface area contributed by atoms with Crippen LogP contribution in [0, 0.1) is 26.7 Å². The van der Waals surface area contributed by atoms with Crippen molar-refractivity contribution in [2.24, 2.45) is 5.92 Å². The maximum atomic E-state index is 12.9. The summed E-state index contributed by atoms with van der Waals surface area (Å²) in [5.41, 5.74) is 4.04. The SMILES string of the molecule is Cc1ccn2c(C(=O)N[C@H]3COC[C@H]3Cc3cc(C)no3)c(C)nc2c1. The van der Waals surface area contributed by atoms with E-state index in [1.165, 1.54) is 0 Å². The van der Waals surface area contributed by atoms with Crippen molar-refractivity contribution in [3.05, 3.63) is 52.8 Å². The van der Waals surface area contributed by atoms with E-state index in [1.54, 1.807) is 0 Å². The molecule has 4 rings (SSSR count). The van der Waals surface area contributed by atoms with Gasteiger partial charge in [-0.15, -0.1) is 0 Å². The van der Waals surface area contributed by atoms with Gasteiger partial charge in [-0.1, -0.05) is 5.16 Å². The summed E-state index contributed by atoms with van der Waals surface area (Å²) in [5.74, 6) is 0.847. The molecule has 0 spiro atoms. The summed E-state index contributed by atoms with van der Waals surface area (Å²) in [5, 5.41) is 7.04. The molecule has 0 unspecified atom stereocenters. The molecular formula is C19H22N4O3. The van der Waals surface area contributed by atoms with Crippen LogP contribution in [0.15, 0.2) is 28.9 Å². The summed E-state index contributed by atoms with van der Waals surface area (Å²) >= 11 is 0. The van der Waals surface area contributed by atoms with Crippen LogP contribution in [0.2, 0.25) is 0 Å². The lowest BCUT2D eigenvalue weighted by Gasteiger charge is -2.18. The van der Waals surface area contributed by atoms with Crippen molar-refractivity contribution >= 4 is 11.6 Å². The minimum absolute atomic E-state index is 0.0664. The zero-order valence-corrected chi connectivity index (χ0v) is 15.2. The lowest BCUT2D eigenvalue weighted by atomic mass is 9.98. The van der Waals surface area contributed by atoms with Gasteiger partial charge in [-0.2, -0.15) is 0 Å². The molecule has 1 saturated heterocycles. The van der Waals surface area contributed by atoms with E-state index in [0.29, 0.717) is 25.3 Å². The summed E-state index contributed by atoms with van der Waals surface area (Å²) in [4.78, 5) is 17.4. The van der Waals surface area contributed by atoms with E-state index in [-0.39, 0.29) is 17.9 Å². The summed E-state index contributed by atoms with van der Waals surface area (Å²) < 4.78 is 12.7. The zero-order chi connectivity index (χ0) is 18.3. The van der Waals surface area contributed by atoms with Gasteiger partial charge in [0.15, 0.2) is 0 Å². The van der Waals surface area contributed by atoms with Crippen molar-refractivity contribution < 1.29 is 14.1 Å². The molecule has 1 amide bonds. The van der Waals surface area contributed by atoms with Crippen LogP contribution in [0.4, 0.5) is 0 Å². The van der Waals surface area contributed by atoms with Gasteiger partial charge < -0.3 is 14.6 Å². The molecule has 7 heteroatoms. The maximum absolute atomic E-state index is 12.9. The number of nitrogens with zero attached hydrogens (tertiary/aromatic N) is 3. The van der Waals surface area contributed by atoms with Gasteiger partial charge in [-0.3, -0.25) is 9.20 Å². The fourth-order valence-electron chi connectivity index (χ4n) is 3.50. The first-order chi connectivity index (χ1) is 12.5. The van der Waals surface area contributed by atoms with Crippen LogP contribution in [-0.4, -0.2) is 39.7 Å². The Morgan fingerprint density at radius 2 is 2.15 bits per heavy atom. The van der Waals surface area contributed by atoms with Gasteiger partial charge in [0.1, 0.15) is 17.1 Å². The highest BCUT2D eigenvalue weighted by atomic mass is 16.5. The fraction of sp³-hybridized carbons (Fsp3) is 0.421. The molecule has 3 aromatic heterocycles. The Balaban J connectivity index is 1.53. The molecule has 0 bridgehead atoms. The molecule has 26 heavy (non-hydrogen) atoms. The van der Waals surface area contributed by atoms with Crippen LogP contribution in [0.25, 0.3) is 5.65 Å². The number of nitrogens with one attached hydrogen (secondary N) is 1. The van der Waals surface area contributed by atoms with E-state index >= 15 is 0 Å². The predicted octanol–water partition coefficient (Wildman–Crippen LogP) is 2.24. The second kappa shape index (κ2) is 6.57. The Labute approximate surface area is 151 Å². The molecule has 0 aromatic carbocycles. The number of carbonyl (C=O) groups is 1. The van der Waals surface area contributed by atoms with Crippen LogP contribution < -0.4 is 5.32 Å². The number of amides is 1. The molecule has 4 heterocycles. The number of aryl methyl sites for hydroxylation is 3. The minimum atomic E-state index is -0.131. The molecule has 1 N–H and O–H groups in total. The Kier molecular flexibility index (Phi) is 4.24. The number of carbonyl (C=O) groups excluding carboxylic acids is 1. The average molecular weight is 354 g/mol. The van der Waals surface area contributed by atoms with Crippen LogP contribution >= 0.6 is 0 Å². The van der Waals surface area contributed by atoms with Gasteiger partial charge in [-0.05, 0) is 38.5 Å². The highest BCUT2D eigenvalue weighted by molar-refractivity contribution is 5.94. The number of aromatic nitrogens is 3. The van der Waals surface area contributed by atoms with Crippen LogP contribution in [-0.2, 0) is 11.2 Å². The van der Waals surface area contributed by atoms with E-state index in [9.17, 15) is 4.79 Å². The molecule has 1 aliphatic heterocycles. The van der Waals surface area contributed by atoms with Crippen molar-refractivity contribution in [3.8, 4) is 0 Å². The maximum Gasteiger partial charge on any atom is 0.270 e. The topological polar surface area (TPSA) is 81.7 Å². The standard InChI is InChI=1S/C19H22N4O3/c1-11-4-5-23-17(6-11)20-13(3)18(23)19(24)21-16-10-25-9-14(16)8-15-7-12(2)22-26-15/h4-7,14,16H,8-10H2,1-3H3,(H,21,24)/t14-,16+/m1/s1. The first kappa shape index (κ1) is 16.8. The van der Waals surface area contributed by atoms with E-state index in [2.05, 4.69) is 15.5 Å². The highest BCUT2D eigenvalue weighted by Crippen LogP contribution is 2.21. The second-order valence-electron chi connectivity index (χ2n) is 6.99. The quantitative estimate of drug-likeness (QED) is 0.777. The van der Waals surface area contributed by atoms with Crippen molar-refractivity contribution in [2.75, 3.05) is 13.2 Å². The Morgan fingerprint density at radius 3 is 2.92 bits per heavy atom. The Bertz CT molecular complexity index is 959. The molecule has 0 radical (unpaired) electrons. The molecule has 1 fully saturated rings. The average Bonchev–Trinajstić information content (AvgIpc) is 3.27. The number of pyridine rings is 1. The van der Waals surface area contributed by atoms with E-state index in [1.807, 2.05) is 49.6 Å². The molecule has 0 aliphatic carbocycles. The van der Waals surface area contributed by atoms with Crippen molar-refractivity contribution in [3.63, 3.8) is 0 Å². The molecule has 3 aromatic rings. The van der Waals surface area contributed by atoms with Gasteiger partial charge in [0.2, 0.25) is 0 Å². The summed E-state index contributed by atoms with van der Waals surface area (Å²) in [6, 6.07) is 5.80. The lowest BCUT2D eigenvalue weighted by Crippen LogP contribution is -2.41. The van der Waals surface area contributed by atoms with Gasteiger partial charge in [-0.25, -0.2) is 4.98 Å². The van der Waals surface area contributed by atoms with Gasteiger partial charge in [0.05, 0.1) is 30.6 Å². The van der Waals surface area contributed by atoms with Crippen LogP contribution in [0.3, 0.4) is 0 Å². The van der Waals surface area contributed by atoms with Gasteiger partial charge in [0.25, 0.3) is 5.91 Å². The smallest absolute Gasteiger partial charge is 0.270 e. The number of hydrogen-bond acceptors (Lipinski definition) is 5. The molecule has 7 nitrogen and oxygen atoms in total. The molecule has 136 valence electrons. The number of hydrogen-bond donors (Lipinski definition) is 1. The number of fused-ring (bicyclic) bond motifs is 1. The monoisotopic (exact) mass is 354 g/mol. The number of imidazole rings is 1. The predicted molar refractivity (Wildman–Crippen MR) is 95.2 cm³/mol. The third-order valence-electron chi connectivity index (χ3n) is 4.83.